The van der Waals surface area contributed by atoms with Gasteiger partial charge in [-0.25, -0.2) is 4.98 Å². The molecular weight excluding hydrogens is 160 g/mol. The Balaban J connectivity index is 2.92. The molecule has 1 heterocycles. The highest BCUT2D eigenvalue weighted by Crippen LogP contribution is 2.07. The Morgan fingerprint density at radius 1 is 1.82 bits per heavy atom. The zero-order chi connectivity index (χ0) is 8.27. The van der Waals surface area contributed by atoms with Crippen LogP contribution in [0.3, 0.4) is 0 Å². The van der Waals surface area contributed by atoms with Crippen LogP contribution in [0.25, 0.3) is 0 Å². The van der Waals surface area contributed by atoms with E-state index in [9.17, 15) is 4.79 Å². The van der Waals surface area contributed by atoms with Gasteiger partial charge >= 0.3 is 0 Å². The molecule has 1 aromatic rings. The molecule has 0 saturated carbocycles. The summed E-state index contributed by atoms with van der Waals surface area (Å²) in [6.45, 7) is 1.84. The molecule has 3 nitrogen and oxygen atoms in total. The smallest absolute Gasteiger partial charge is 0.198 e. The van der Waals surface area contributed by atoms with Crippen LogP contribution in [0.1, 0.15) is 24.0 Å². The molecule has 0 N–H and O–H groups in total. The first-order chi connectivity index (χ1) is 5.29. The van der Waals surface area contributed by atoms with E-state index in [2.05, 4.69) is 4.98 Å². The number of hydrogen-bond donors (Lipinski definition) is 0. The first-order valence-electron chi connectivity index (χ1n) is 3.40. The highest BCUT2D eigenvalue weighted by atomic mass is 32.2. The van der Waals surface area contributed by atoms with Crippen molar-refractivity contribution in [2.75, 3.05) is 6.26 Å². The maximum atomic E-state index is 11.2. The largest absolute Gasteiger partial charge is 0.291 e. The molecule has 0 unspecified atom stereocenters. The normalized spacial score (nSPS) is 10.0. The molecule has 0 aliphatic heterocycles. The highest BCUT2D eigenvalue weighted by Gasteiger charge is 2.08. The van der Waals surface area contributed by atoms with E-state index in [0.717, 1.165) is 0 Å². The van der Waals surface area contributed by atoms with Crippen LogP contribution in [0.2, 0.25) is 0 Å². The molecule has 0 aromatic carbocycles. The van der Waals surface area contributed by atoms with Gasteiger partial charge in [0.1, 0.15) is 0 Å². The number of hydrogen-bond acceptors (Lipinski definition) is 3. The second-order valence-corrected chi connectivity index (χ2v) is 2.79. The molecule has 1 rings (SSSR count). The van der Waals surface area contributed by atoms with Crippen LogP contribution < -0.4 is 0 Å². The van der Waals surface area contributed by atoms with Crippen LogP contribution in [0.4, 0.5) is 0 Å². The molecular formula is C7H10N2OS. The van der Waals surface area contributed by atoms with Gasteiger partial charge in [-0.3, -0.25) is 8.77 Å². The van der Waals surface area contributed by atoms with E-state index in [-0.39, 0.29) is 5.78 Å². The van der Waals surface area contributed by atoms with E-state index >= 15 is 0 Å². The second kappa shape index (κ2) is 3.57. The number of carbonyl (C=O) groups is 1. The molecule has 0 amide bonds. The lowest BCUT2D eigenvalue weighted by molar-refractivity contribution is 0.0978. The van der Waals surface area contributed by atoms with Gasteiger partial charge in [-0.1, -0.05) is 6.92 Å². The Kier molecular flexibility index (Phi) is 2.70. The van der Waals surface area contributed by atoms with Crippen molar-refractivity contribution in [1.29, 1.82) is 0 Å². The van der Waals surface area contributed by atoms with Gasteiger partial charge in [0.15, 0.2) is 11.6 Å². The van der Waals surface area contributed by atoms with Gasteiger partial charge in [-0.05, 0) is 11.9 Å². The van der Waals surface area contributed by atoms with E-state index in [4.69, 9.17) is 0 Å². The molecule has 60 valence electrons. The van der Waals surface area contributed by atoms with Gasteiger partial charge < -0.3 is 0 Å². The first-order valence-corrected chi connectivity index (χ1v) is 4.58. The maximum Gasteiger partial charge on any atom is 0.198 e. The van der Waals surface area contributed by atoms with Gasteiger partial charge in [-0.15, -0.1) is 0 Å². The zero-order valence-electron chi connectivity index (χ0n) is 6.57. The highest BCUT2D eigenvalue weighted by molar-refractivity contribution is 7.97. The Morgan fingerprint density at radius 2 is 2.55 bits per heavy atom. The Morgan fingerprint density at radius 3 is 3.09 bits per heavy atom. The van der Waals surface area contributed by atoms with Gasteiger partial charge in [0, 0.05) is 25.1 Å². The molecule has 1 aromatic heterocycles. The minimum atomic E-state index is 0.0874. The number of Topliss-reactive ketones (excluding diaryl/α,β-unsaturated/α-hetero) is 1. The van der Waals surface area contributed by atoms with E-state index in [0.29, 0.717) is 12.2 Å². The average molecular weight is 170 g/mol. The lowest BCUT2D eigenvalue weighted by atomic mass is 10.3. The maximum absolute atomic E-state index is 11.2. The van der Waals surface area contributed by atoms with Gasteiger partial charge in [-0.2, -0.15) is 0 Å². The summed E-state index contributed by atoms with van der Waals surface area (Å²) in [5.41, 5.74) is 0. The average Bonchev–Trinajstić information content (AvgIpc) is 2.50. The number of carbonyl (C=O) groups excluding carboxylic acids is 1. The second-order valence-electron chi connectivity index (χ2n) is 2.04. The number of ketones is 1. The topological polar surface area (TPSA) is 34.9 Å². The minimum absolute atomic E-state index is 0.0874. The Hall–Kier alpha value is -0.770. The van der Waals surface area contributed by atoms with Crippen molar-refractivity contribution in [1.82, 2.24) is 8.96 Å². The molecule has 0 aliphatic rings. The van der Waals surface area contributed by atoms with E-state index in [1.54, 1.807) is 16.4 Å². The van der Waals surface area contributed by atoms with Crippen LogP contribution in [-0.2, 0) is 0 Å². The number of rotatable bonds is 3. The van der Waals surface area contributed by atoms with Crippen LogP contribution in [0.5, 0.6) is 0 Å². The van der Waals surface area contributed by atoms with Gasteiger partial charge in [0.05, 0.1) is 0 Å². The monoisotopic (exact) mass is 170 g/mol. The third-order valence-electron chi connectivity index (χ3n) is 1.37. The van der Waals surface area contributed by atoms with Crippen molar-refractivity contribution >= 4 is 17.7 Å². The summed E-state index contributed by atoms with van der Waals surface area (Å²) >= 11 is 1.48. The van der Waals surface area contributed by atoms with Crippen LogP contribution in [0.15, 0.2) is 12.4 Å². The predicted molar refractivity (Wildman–Crippen MR) is 45.8 cm³/mol. The molecule has 0 spiro atoms. The van der Waals surface area contributed by atoms with Gasteiger partial charge in [0.2, 0.25) is 0 Å². The molecule has 11 heavy (non-hydrogen) atoms. The van der Waals surface area contributed by atoms with Crippen molar-refractivity contribution in [3.63, 3.8) is 0 Å². The fraction of sp³-hybridized carbons (Fsp3) is 0.429. The van der Waals surface area contributed by atoms with Crippen molar-refractivity contribution in [2.24, 2.45) is 0 Å². The van der Waals surface area contributed by atoms with E-state index in [1.807, 2.05) is 13.2 Å². The minimum Gasteiger partial charge on any atom is -0.291 e. The summed E-state index contributed by atoms with van der Waals surface area (Å²) in [4.78, 5) is 15.1. The standard InChI is InChI=1S/C7H10N2OS/c1-3-6(10)7-8-4-5-9(7)11-2/h4-5H,3H2,1-2H3. The molecule has 0 fully saturated rings. The van der Waals surface area contributed by atoms with Crippen molar-refractivity contribution < 1.29 is 4.79 Å². The summed E-state index contributed by atoms with van der Waals surface area (Å²) < 4.78 is 1.77. The third kappa shape index (κ3) is 1.63. The molecule has 0 bridgehead atoms. The predicted octanol–water partition coefficient (Wildman–Crippen LogP) is 1.60. The number of nitrogens with zero attached hydrogens (tertiary/aromatic N) is 2. The Bertz CT molecular complexity index is 257. The molecule has 0 atom stereocenters. The molecule has 4 heteroatoms. The fourth-order valence-corrected chi connectivity index (χ4v) is 1.29. The zero-order valence-corrected chi connectivity index (χ0v) is 7.39. The van der Waals surface area contributed by atoms with E-state index in [1.165, 1.54) is 11.9 Å². The van der Waals surface area contributed by atoms with Crippen molar-refractivity contribution in [3.05, 3.63) is 18.2 Å². The molecule has 0 saturated heterocycles. The first kappa shape index (κ1) is 8.33. The Labute approximate surface area is 69.9 Å². The summed E-state index contributed by atoms with van der Waals surface area (Å²) in [6, 6.07) is 0. The summed E-state index contributed by atoms with van der Waals surface area (Å²) in [5.74, 6) is 0.629. The van der Waals surface area contributed by atoms with E-state index < -0.39 is 0 Å². The molecule has 0 radical (unpaired) electrons. The van der Waals surface area contributed by atoms with Crippen LogP contribution >= 0.6 is 11.9 Å². The van der Waals surface area contributed by atoms with Crippen LogP contribution in [-0.4, -0.2) is 21.0 Å². The lowest BCUT2D eigenvalue weighted by Crippen LogP contribution is -2.03. The quantitative estimate of drug-likeness (QED) is 0.646. The SMILES string of the molecule is CCC(=O)c1nccn1SC. The number of aromatic nitrogens is 2. The summed E-state index contributed by atoms with van der Waals surface area (Å²) in [6.07, 6.45) is 5.85. The lowest BCUT2D eigenvalue weighted by Gasteiger charge is -1.98. The number of imidazole rings is 1. The fourth-order valence-electron chi connectivity index (χ4n) is 0.792. The van der Waals surface area contributed by atoms with Gasteiger partial charge in [0.25, 0.3) is 0 Å². The molecule has 0 aliphatic carbocycles. The summed E-state index contributed by atoms with van der Waals surface area (Å²) in [7, 11) is 0. The summed E-state index contributed by atoms with van der Waals surface area (Å²) in [5, 5.41) is 0. The third-order valence-corrected chi connectivity index (χ3v) is 2.06. The van der Waals surface area contributed by atoms with Crippen LogP contribution in [0, 0.1) is 0 Å². The van der Waals surface area contributed by atoms with Crippen molar-refractivity contribution in [3.8, 4) is 0 Å². The van der Waals surface area contributed by atoms with Crippen molar-refractivity contribution in [2.45, 2.75) is 13.3 Å².